The molecule has 0 atom stereocenters. The van der Waals surface area contributed by atoms with E-state index in [1.807, 2.05) is 24.1 Å². The second kappa shape index (κ2) is 8.92. The molecule has 1 aliphatic rings. The van der Waals surface area contributed by atoms with Crippen LogP contribution in [-0.2, 0) is 5.75 Å². The summed E-state index contributed by atoms with van der Waals surface area (Å²) >= 11 is 1.89. The smallest absolute Gasteiger partial charge is 0.161 e. The summed E-state index contributed by atoms with van der Waals surface area (Å²) in [5, 5.41) is 5.40. The summed E-state index contributed by atoms with van der Waals surface area (Å²) in [6.45, 7) is 5.49. The Hall–Kier alpha value is -2.90. The molecule has 1 aliphatic heterocycles. The molecule has 32 heavy (non-hydrogen) atoms. The molecule has 0 N–H and O–H groups in total. The van der Waals surface area contributed by atoms with Gasteiger partial charge in [0.25, 0.3) is 0 Å². The van der Waals surface area contributed by atoms with Gasteiger partial charge in [-0.2, -0.15) is 5.10 Å². The van der Waals surface area contributed by atoms with Crippen molar-refractivity contribution in [1.82, 2.24) is 14.1 Å². The molecule has 1 fully saturated rings. The third-order valence-corrected chi connectivity index (χ3v) is 7.04. The molecule has 0 unspecified atom stereocenters. The minimum absolute atomic E-state index is 0.267. The average molecular weight is 451 g/mol. The van der Waals surface area contributed by atoms with Gasteiger partial charge in [-0.05, 0) is 42.3 Å². The van der Waals surface area contributed by atoms with Crippen LogP contribution in [0.4, 0.5) is 14.5 Å². The number of hydrogen-bond donors (Lipinski definition) is 0. The van der Waals surface area contributed by atoms with Gasteiger partial charge in [0, 0.05) is 49.1 Å². The lowest BCUT2D eigenvalue weighted by atomic mass is 10.2. The summed E-state index contributed by atoms with van der Waals surface area (Å²) < 4.78 is 31.7. The Morgan fingerprint density at radius 2 is 1.69 bits per heavy atom. The first-order valence-corrected chi connectivity index (χ1v) is 11.6. The molecule has 0 saturated carbocycles. The quantitative estimate of drug-likeness (QED) is 0.371. The van der Waals surface area contributed by atoms with Crippen LogP contribution in [0.15, 0.2) is 66.9 Å². The van der Waals surface area contributed by atoms with Gasteiger partial charge in [0.2, 0.25) is 0 Å². The number of rotatable bonds is 5. The number of aromatic nitrogens is 2. The lowest BCUT2D eigenvalue weighted by molar-refractivity contribution is 0.429. The van der Waals surface area contributed by atoms with Gasteiger partial charge in [0.05, 0.1) is 17.4 Å². The highest BCUT2D eigenvalue weighted by molar-refractivity contribution is 7.96. The van der Waals surface area contributed by atoms with Gasteiger partial charge in [0.15, 0.2) is 11.6 Å². The Balaban J connectivity index is 1.27. The van der Waals surface area contributed by atoms with Gasteiger partial charge in [0.1, 0.15) is 0 Å². The molecule has 0 amide bonds. The van der Waals surface area contributed by atoms with Crippen molar-refractivity contribution in [3.63, 3.8) is 0 Å². The van der Waals surface area contributed by atoms with Crippen molar-refractivity contribution in [2.75, 3.05) is 31.1 Å². The summed E-state index contributed by atoms with van der Waals surface area (Å²) in [4.78, 5) is 2.39. The number of benzene rings is 3. The van der Waals surface area contributed by atoms with Crippen LogP contribution in [0.5, 0.6) is 0 Å². The fourth-order valence-corrected chi connectivity index (χ4v) is 5.01. The molecule has 1 aromatic heterocycles. The van der Waals surface area contributed by atoms with E-state index in [0.717, 1.165) is 48.5 Å². The van der Waals surface area contributed by atoms with E-state index < -0.39 is 11.6 Å². The second-order valence-corrected chi connectivity index (χ2v) is 9.10. The minimum atomic E-state index is -0.858. The molecule has 7 heteroatoms. The van der Waals surface area contributed by atoms with Gasteiger partial charge in [-0.25, -0.2) is 17.8 Å². The van der Waals surface area contributed by atoms with E-state index in [4.69, 9.17) is 0 Å². The molecule has 1 saturated heterocycles. The van der Waals surface area contributed by atoms with Crippen LogP contribution in [0.2, 0.25) is 0 Å². The maximum absolute atomic E-state index is 13.9. The predicted octanol–water partition coefficient (Wildman–Crippen LogP) is 5.58. The Labute approximate surface area is 190 Å². The lowest BCUT2D eigenvalue weighted by Gasteiger charge is -2.35. The van der Waals surface area contributed by atoms with Crippen molar-refractivity contribution in [3.8, 4) is 5.69 Å². The van der Waals surface area contributed by atoms with Crippen molar-refractivity contribution in [3.05, 3.63) is 89.6 Å². The van der Waals surface area contributed by atoms with Crippen LogP contribution in [-0.4, -0.2) is 40.3 Å². The Morgan fingerprint density at radius 1 is 0.906 bits per heavy atom. The van der Waals surface area contributed by atoms with Crippen molar-refractivity contribution < 1.29 is 8.78 Å². The van der Waals surface area contributed by atoms with Crippen LogP contribution >= 0.6 is 11.9 Å². The standard InChI is InChI=1S/C25H24F2N4S/c1-18-13-22(15-23(26)25(18)27)31-24-8-7-21(14-20(24)16-28-31)29-9-11-30(12-10-29)32-17-19-5-3-2-4-6-19/h2-8,13-16H,9-12,17H2,1H3. The van der Waals surface area contributed by atoms with E-state index in [0.29, 0.717) is 5.69 Å². The molecule has 5 rings (SSSR count). The van der Waals surface area contributed by atoms with Crippen LogP contribution in [0, 0.1) is 18.6 Å². The topological polar surface area (TPSA) is 24.3 Å². The van der Waals surface area contributed by atoms with Gasteiger partial charge >= 0.3 is 0 Å². The molecule has 3 aromatic carbocycles. The summed E-state index contributed by atoms with van der Waals surface area (Å²) in [5.41, 5.74) is 4.16. The highest BCUT2D eigenvalue weighted by Gasteiger charge is 2.19. The zero-order valence-electron chi connectivity index (χ0n) is 17.8. The number of aryl methyl sites for hydroxylation is 1. The summed E-state index contributed by atoms with van der Waals surface area (Å²) in [6.07, 6.45) is 1.78. The fraction of sp³-hybridized carbons (Fsp3) is 0.240. The molecule has 4 nitrogen and oxygen atoms in total. The normalized spacial score (nSPS) is 14.9. The first-order valence-electron chi connectivity index (χ1n) is 10.7. The van der Waals surface area contributed by atoms with E-state index in [1.54, 1.807) is 23.9 Å². The zero-order valence-corrected chi connectivity index (χ0v) is 18.7. The third kappa shape index (κ3) is 4.23. The van der Waals surface area contributed by atoms with Crippen LogP contribution in [0.25, 0.3) is 16.6 Å². The number of halogens is 2. The van der Waals surface area contributed by atoms with Gasteiger partial charge in [-0.1, -0.05) is 42.3 Å². The van der Waals surface area contributed by atoms with Crippen molar-refractivity contribution in [2.24, 2.45) is 0 Å². The average Bonchev–Trinajstić information content (AvgIpc) is 3.25. The Bertz CT molecular complexity index is 1210. The van der Waals surface area contributed by atoms with Crippen molar-refractivity contribution in [2.45, 2.75) is 12.7 Å². The molecule has 0 aliphatic carbocycles. The minimum Gasteiger partial charge on any atom is -0.369 e. The maximum Gasteiger partial charge on any atom is 0.161 e. The van der Waals surface area contributed by atoms with Gasteiger partial charge in [-0.15, -0.1) is 0 Å². The Morgan fingerprint density at radius 3 is 2.44 bits per heavy atom. The predicted molar refractivity (Wildman–Crippen MR) is 127 cm³/mol. The molecule has 0 bridgehead atoms. The van der Waals surface area contributed by atoms with E-state index in [2.05, 4.69) is 50.7 Å². The van der Waals surface area contributed by atoms with Crippen LogP contribution < -0.4 is 4.90 Å². The number of fused-ring (bicyclic) bond motifs is 1. The summed E-state index contributed by atoms with van der Waals surface area (Å²) in [7, 11) is 0. The zero-order chi connectivity index (χ0) is 22.1. The van der Waals surface area contributed by atoms with Crippen LogP contribution in [0.3, 0.4) is 0 Å². The molecule has 4 aromatic rings. The number of nitrogens with zero attached hydrogens (tertiary/aromatic N) is 4. The van der Waals surface area contributed by atoms with Gasteiger partial charge in [-0.3, -0.25) is 0 Å². The number of hydrogen-bond acceptors (Lipinski definition) is 4. The van der Waals surface area contributed by atoms with Crippen LogP contribution in [0.1, 0.15) is 11.1 Å². The first kappa shape index (κ1) is 21.0. The molecule has 2 heterocycles. The number of piperazine rings is 1. The monoisotopic (exact) mass is 450 g/mol. The lowest BCUT2D eigenvalue weighted by Crippen LogP contribution is -2.43. The first-order chi connectivity index (χ1) is 15.6. The summed E-state index contributed by atoms with van der Waals surface area (Å²) in [6, 6.07) is 19.6. The largest absolute Gasteiger partial charge is 0.369 e. The van der Waals surface area contributed by atoms with E-state index in [1.165, 1.54) is 11.6 Å². The van der Waals surface area contributed by atoms with E-state index in [-0.39, 0.29) is 5.56 Å². The number of anilines is 1. The fourth-order valence-electron chi connectivity index (χ4n) is 4.07. The molecular weight excluding hydrogens is 426 g/mol. The van der Waals surface area contributed by atoms with Gasteiger partial charge < -0.3 is 4.90 Å². The van der Waals surface area contributed by atoms with E-state index >= 15 is 0 Å². The molecular formula is C25H24F2N4S. The third-order valence-electron chi connectivity index (χ3n) is 5.85. The molecule has 0 radical (unpaired) electrons. The summed E-state index contributed by atoms with van der Waals surface area (Å²) in [5.74, 6) is -0.674. The van der Waals surface area contributed by atoms with Crippen molar-refractivity contribution in [1.29, 1.82) is 0 Å². The molecule has 164 valence electrons. The Kier molecular flexibility index (Phi) is 5.85. The maximum atomic E-state index is 13.9. The highest BCUT2D eigenvalue weighted by atomic mass is 32.2. The SMILES string of the molecule is Cc1cc(-n2ncc3cc(N4CCN(SCc5ccccc5)CC4)ccc32)cc(F)c1F. The van der Waals surface area contributed by atoms with Crippen molar-refractivity contribution >= 4 is 28.5 Å². The molecule has 0 spiro atoms. The second-order valence-electron chi connectivity index (χ2n) is 8.03. The highest BCUT2D eigenvalue weighted by Crippen LogP contribution is 2.27. The van der Waals surface area contributed by atoms with E-state index in [9.17, 15) is 8.78 Å².